The molecule has 6 heteroatoms. The van der Waals surface area contributed by atoms with Crippen LogP contribution in [0.3, 0.4) is 0 Å². The number of ether oxygens (including phenoxy) is 1. The molecule has 3 N–H and O–H groups in total. The van der Waals surface area contributed by atoms with Crippen molar-refractivity contribution in [3.63, 3.8) is 0 Å². The molecule has 0 fully saturated rings. The smallest absolute Gasteiger partial charge is 0.120 e. The standard InChI is InChI=1S/C14H18BrN3O2/c1-20-9-12(19)6-16-8-14-17-7-13(18-14)10-3-2-4-11(15)5-10/h2-5,7,12,16,19H,6,8-9H2,1H3,(H,17,18). The van der Waals surface area contributed by atoms with Gasteiger partial charge in [-0.3, -0.25) is 0 Å². The van der Waals surface area contributed by atoms with E-state index in [0.717, 1.165) is 21.6 Å². The fraction of sp³-hybridized carbons (Fsp3) is 0.357. The van der Waals surface area contributed by atoms with Crippen LogP contribution in [0.4, 0.5) is 0 Å². The monoisotopic (exact) mass is 339 g/mol. The predicted molar refractivity (Wildman–Crippen MR) is 81.3 cm³/mol. The molecule has 1 atom stereocenters. The molecule has 108 valence electrons. The number of nitrogens with zero attached hydrogens (tertiary/aromatic N) is 1. The summed E-state index contributed by atoms with van der Waals surface area (Å²) in [4.78, 5) is 7.57. The van der Waals surface area contributed by atoms with Gasteiger partial charge in [-0.05, 0) is 12.1 Å². The SMILES string of the molecule is COCC(O)CNCc1ncc(-c2cccc(Br)c2)[nH]1. The van der Waals surface area contributed by atoms with E-state index < -0.39 is 6.10 Å². The number of nitrogens with one attached hydrogen (secondary N) is 2. The molecule has 0 saturated carbocycles. The first-order valence-corrected chi connectivity index (χ1v) is 7.16. The molecule has 0 bridgehead atoms. The molecule has 2 rings (SSSR count). The van der Waals surface area contributed by atoms with Crippen molar-refractivity contribution in [2.75, 3.05) is 20.3 Å². The first-order valence-electron chi connectivity index (χ1n) is 6.36. The maximum Gasteiger partial charge on any atom is 0.120 e. The Hall–Kier alpha value is -1.21. The zero-order valence-corrected chi connectivity index (χ0v) is 12.9. The van der Waals surface area contributed by atoms with E-state index in [2.05, 4.69) is 31.2 Å². The number of aliphatic hydroxyl groups excluding tert-OH is 1. The zero-order valence-electron chi connectivity index (χ0n) is 11.3. The van der Waals surface area contributed by atoms with Gasteiger partial charge in [0.15, 0.2) is 0 Å². The van der Waals surface area contributed by atoms with Crippen LogP contribution in [0.2, 0.25) is 0 Å². The van der Waals surface area contributed by atoms with Crippen molar-refractivity contribution in [2.24, 2.45) is 0 Å². The molecule has 5 nitrogen and oxygen atoms in total. The Morgan fingerprint density at radius 1 is 1.50 bits per heavy atom. The molecule has 0 aliphatic carbocycles. The highest BCUT2D eigenvalue weighted by Crippen LogP contribution is 2.21. The second-order valence-electron chi connectivity index (χ2n) is 4.49. The van der Waals surface area contributed by atoms with Gasteiger partial charge in [0.05, 0.1) is 31.1 Å². The Bertz CT molecular complexity index is 545. The minimum Gasteiger partial charge on any atom is -0.389 e. The van der Waals surface area contributed by atoms with Crippen molar-refractivity contribution >= 4 is 15.9 Å². The third kappa shape index (κ3) is 4.42. The van der Waals surface area contributed by atoms with E-state index >= 15 is 0 Å². The van der Waals surface area contributed by atoms with Crippen LogP contribution in [0.1, 0.15) is 5.82 Å². The minimum atomic E-state index is -0.500. The molecule has 0 aliphatic heterocycles. The number of hydrogen-bond donors (Lipinski definition) is 3. The lowest BCUT2D eigenvalue weighted by Gasteiger charge is -2.09. The number of rotatable bonds is 7. The number of methoxy groups -OCH3 is 1. The minimum absolute atomic E-state index is 0.328. The molecule has 0 spiro atoms. The van der Waals surface area contributed by atoms with E-state index in [-0.39, 0.29) is 0 Å². The van der Waals surface area contributed by atoms with E-state index in [9.17, 15) is 5.11 Å². The normalized spacial score (nSPS) is 12.6. The maximum absolute atomic E-state index is 9.52. The van der Waals surface area contributed by atoms with Crippen molar-refractivity contribution in [1.82, 2.24) is 15.3 Å². The second-order valence-corrected chi connectivity index (χ2v) is 5.41. The first-order chi connectivity index (χ1) is 9.69. The lowest BCUT2D eigenvalue weighted by atomic mass is 10.2. The Labute approximate surface area is 126 Å². The van der Waals surface area contributed by atoms with Crippen molar-refractivity contribution in [3.8, 4) is 11.3 Å². The van der Waals surface area contributed by atoms with Crippen LogP contribution in [0.25, 0.3) is 11.3 Å². The van der Waals surface area contributed by atoms with Gasteiger partial charge in [0.1, 0.15) is 5.82 Å². The molecule has 2 aromatic rings. The number of halogens is 1. The van der Waals surface area contributed by atoms with E-state index in [1.807, 2.05) is 30.5 Å². The van der Waals surface area contributed by atoms with Gasteiger partial charge in [-0.25, -0.2) is 4.98 Å². The lowest BCUT2D eigenvalue weighted by Crippen LogP contribution is -2.29. The van der Waals surface area contributed by atoms with E-state index in [4.69, 9.17) is 4.74 Å². The second kappa shape index (κ2) is 7.54. The summed E-state index contributed by atoms with van der Waals surface area (Å²) in [5.74, 6) is 0.838. The summed E-state index contributed by atoms with van der Waals surface area (Å²) in [7, 11) is 1.57. The van der Waals surface area contributed by atoms with Crippen molar-refractivity contribution < 1.29 is 9.84 Å². The molecule has 1 heterocycles. The van der Waals surface area contributed by atoms with Gasteiger partial charge in [0, 0.05) is 23.7 Å². The average molecular weight is 340 g/mol. The zero-order chi connectivity index (χ0) is 14.4. The number of imidazole rings is 1. The van der Waals surface area contributed by atoms with Crippen LogP contribution >= 0.6 is 15.9 Å². The number of aliphatic hydroxyl groups is 1. The van der Waals surface area contributed by atoms with Crippen LogP contribution in [-0.2, 0) is 11.3 Å². The van der Waals surface area contributed by atoms with Gasteiger partial charge >= 0.3 is 0 Å². The highest BCUT2D eigenvalue weighted by Gasteiger charge is 2.05. The summed E-state index contributed by atoms with van der Waals surface area (Å²) in [5.41, 5.74) is 2.05. The van der Waals surface area contributed by atoms with Crippen molar-refractivity contribution in [3.05, 3.63) is 40.8 Å². The quantitative estimate of drug-likeness (QED) is 0.720. The molecule has 1 unspecified atom stereocenters. The lowest BCUT2D eigenvalue weighted by molar-refractivity contribution is 0.0643. The molecule has 20 heavy (non-hydrogen) atoms. The molecule has 0 amide bonds. The maximum atomic E-state index is 9.52. The Kier molecular flexibility index (Phi) is 5.72. The topological polar surface area (TPSA) is 70.2 Å². The Morgan fingerprint density at radius 2 is 2.35 bits per heavy atom. The van der Waals surface area contributed by atoms with Crippen molar-refractivity contribution in [1.29, 1.82) is 0 Å². The van der Waals surface area contributed by atoms with Gasteiger partial charge in [-0.2, -0.15) is 0 Å². The molecule has 1 aromatic carbocycles. The molecular formula is C14H18BrN3O2. The van der Waals surface area contributed by atoms with Gasteiger partial charge in [0.2, 0.25) is 0 Å². The molecule has 1 aromatic heterocycles. The van der Waals surface area contributed by atoms with Crippen LogP contribution in [0.15, 0.2) is 34.9 Å². The summed E-state index contributed by atoms with van der Waals surface area (Å²) in [6.45, 7) is 1.38. The third-order valence-corrected chi connectivity index (χ3v) is 3.29. The largest absolute Gasteiger partial charge is 0.389 e. The highest BCUT2D eigenvalue weighted by molar-refractivity contribution is 9.10. The average Bonchev–Trinajstić information content (AvgIpc) is 2.88. The molecule has 0 saturated heterocycles. The van der Waals surface area contributed by atoms with Crippen molar-refractivity contribution in [2.45, 2.75) is 12.6 Å². The van der Waals surface area contributed by atoms with Crippen LogP contribution in [0.5, 0.6) is 0 Å². The fourth-order valence-corrected chi connectivity index (χ4v) is 2.26. The highest BCUT2D eigenvalue weighted by atomic mass is 79.9. The number of hydrogen-bond acceptors (Lipinski definition) is 4. The van der Waals surface area contributed by atoms with Crippen LogP contribution in [-0.4, -0.2) is 41.4 Å². The Morgan fingerprint density at radius 3 is 3.10 bits per heavy atom. The van der Waals surface area contributed by atoms with E-state index in [1.165, 1.54) is 0 Å². The fourth-order valence-electron chi connectivity index (χ4n) is 1.86. The first kappa shape index (κ1) is 15.2. The van der Waals surface area contributed by atoms with Crippen LogP contribution in [0, 0.1) is 0 Å². The Balaban J connectivity index is 1.89. The molecule has 0 aliphatic rings. The predicted octanol–water partition coefficient (Wildman–Crippen LogP) is 1.94. The van der Waals surface area contributed by atoms with Gasteiger partial charge in [-0.15, -0.1) is 0 Å². The van der Waals surface area contributed by atoms with Gasteiger partial charge in [0.25, 0.3) is 0 Å². The summed E-state index contributed by atoms with van der Waals surface area (Å²) >= 11 is 3.45. The van der Waals surface area contributed by atoms with E-state index in [1.54, 1.807) is 7.11 Å². The number of benzene rings is 1. The summed E-state index contributed by atoms with van der Waals surface area (Å²) in [5, 5.41) is 12.6. The van der Waals surface area contributed by atoms with Crippen LogP contribution < -0.4 is 5.32 Å². The summed E-state index contributed by atoms with van der Waals surface area (Å²) < 4.78 is 5.90. The summed E-state index contributed by atoms with van der Waals surface area (Å²) in [6, 6.07) is 8.03. The molecular weight excluding hydrogens is 322 g/mol. The van der Waals surface area contributed by atoms with E-state index in [0.29, 0.717) is 19.7 Å². The number of aromatic nitrogens is 2. The number of H-pyrrole nitrogens is 1. The third-order valence-electron chi connectivity index (χ3n) is 2.80. The molecule has 0 radical (unpaired) electrons. The van der Waals surface area contributed by atoms with Gasteiger partial charge < -0.3 is 20.1 Å². The number of aromatic amines is 1. The summed E-state index contributed by atoms with van der Waals surface area (Å²) in [6.07, 6.45) is 1.31. The van der Waals surface area contributed by atoms with Gasteiger partial charge in [-0.1, -0.05) is 28.1 Å².